The second-order valence-electron chi connectivity index (χ2n) is 4.41. The lowest BCUT2D eigenvalue weighted by atomic mass is 10.1. The minimum absolute atomic E-state index is 0.0524. The summed E-state index contributed by atoms with van der Waals surface area (Å²) in [5, 5.41) is 6.82. The third kappa shape index (κ3) is 3.01. The molecule has 3 aromatic rings. The molecule has 21 heavy (non-hydrogen) atoms. The molecule has 0 saturated carbocycles. The van der Waals surface area contributed by atoms with Gasteiger partial charge in [0.05, 0.1) is 18.2 Å². The van der Waals surface area contributed by atoms with Crippen molar-refractivity contribution in [1.29, 1.82) is 0 Å². The molecule has 0 aliphatic heterocycles. The van der Waals surface area contributed by atoms with Crippen LogP contribution in [0.25, 0.3) is 11.3 Å². The van der Waals surface area contributed by atoms with Gasteiger partial charge in [-0.2, -0.15) is 5.10 Å². The van der Waals surface area contributed by atoms with Crippen LogP contribution >= 0.6 is 0 Å². The van der Waals surface area contributed by atoms with Gasteiger partial charge in [0.25, 0.3) is 10.0 Å². The summed E-state index contributed by atoms with van der Waals surface area (Å²) in [6, 6.07) is 9.42. The van der Waals surface area contributed by atoms with Crippen molar-refractivity contribution in [2.45, 2.75) is 11.6 Å². The van der Waals surface area contributed by atoms with Crippen molar-refractivity contribution in [3.8, 4) is 11.3 Å². The van der Waals surface area contributed by atoms with Gasteiger partial charge < -0.3 is 4.98 Å². The van der Waals surface area contributed by atoms with E-state index in [4.69, 9.17) is 0 Å². The standard InChI is InChI=1S/C13H13N5O2S/c19-21(20,13-8-14-9-15-13)17-7-10-1-3-11(4-2-10)12-5-6-16-18-12/h1-6,8-9,17H,7H2,(H,14,15)(H,16,18). The second kappa shape index (κ2) is 5.51. The largest absolute Gasteiger partial charge is 0.335 e. The zero-order valence-corrected chi connectivity index (χ0v) is 11.8. The van der Waals surface area contributed by atoms with E-state index in [1.165, 1.54) is 12.5 Å². The fraction of sp³-hybridized carbons (Fsp3) is 0.0769. The quantitative estimate of drug-likeness (QED) is 0.660. The minimum Gasteiger partial charge on any atom is -0.335 e. The van der Waals surface area contributed by atoms with Crippen LogP contribution in [0.1, 0.15) is 5.56 Å². The molecule has 2 heterocycles. The predicted molar refractivity (Wildman–Crippen MR) is 76.6 cm³/mol. The maximum absolute atomic E-state index is 11.9. The Balaban J connectivity index is 1.69. The van der Waals surface area contributed by atoms with Gasteiger partial charge in [0.2, 0.25) is 0 Å². The molecule has 0 atom stereocenters. The van der Waals surface area contributed by atoms with E-state index in [9.17, 15) is 8.42 Å². The number of nitrogens with zero attached hydrogens (tertiary/aromatic N) is 2. The monoisotopic (exact) mass is 303 g/mol. The first kappa shape index (κ1) is 13.5. The van der Waals surface area contributed by atoms with E-state index >= 15 is 0 Å². The highest BCUT2D eigenvalue weighted by atomic mass is 32.2. The normalized spacial score (nSPS) is 11.6. The Bertz CT molecular complexity index is 793. The average molecular weight is 303 g/mol. The van der Waals surface area contributed by atoms with Crippen LogP contribution in [0.2, 0.25) is 0 Å². The van der Waals surface area contributed by atoms with Gasteiger partial charge in [0.1, 0.15) is 0 Å². The molecular formula is C13H13N5O2S. The Kier molecular flexibility index (Phi) is 3.55. The average Bonchev–Trinajstić information content (AvgIpc) is 3.19. The van der Waals surface area contributed by atoms with Crippen molar-refractivity contribution in [1.82, 2.24) is 24.9 Å². The summed E-state index contributed by atoms with van der Waals surface area (Å²) in [6.45, 7) is 0.213. The Labute approximate surface area is 121 Å². The molecule has 0 spiro atoms. The molecular weight excluding hydrogens is 290 g/mol. The van der Waals surface area contributed by atoms with Crippen LogP contribution in [0.4, 0.5) is 0 Å². The van der Waals surface area contributed by atoms with E-state index in [2.05, 4.69) is 24.9 Å². The summed E-state index contributed by atoms with van der Waals surface area (Å²) in [6.07, 6.45) is 4.28. The molecule has 3 rings (SSSR count). The first-order chi connectivity index (χ1) is 10.1. The fourth-order valence-corrected chi connectivity index (χ4v) is 2.78. The Hall–Kier alpha value is -2.45. The maximum atomic E-state index is 11.9. The predicted octanol–water partition coefficient (Wildman–Crippen LogP) is 1.28. The van der Waals surface area contributed by atoms with Gasteiger partial charge in [-0.1, -0.05) is 24.3 Å². The lowest BCUT2D eigenvalue weighted by Crippen LogP contribution is -2.23. The van der Waals surface area contributed by atoms with Crippen LogP contribution in [0.15, 0.2) is 54.1 Å². The number of rotatable bonds is 5. The second-order valence-corrected chi connectivity index (χ2v) is 6.14. The molecule has 0 saturated heterocycles. The number of hydrogen-bond acceptors (Lipinski definition) is 4. The maximum Gasteiger partial charge on any atom is 0.257 e. The lowest BCUT2D eigenvalue weighted by Gasteiger charge is -2.05. The molecule has 0 fully saturated rings. The molecule has 108 valence electrons. The SMILES string of the molecule is O=S(=O)(NCc1ccc(-c2ccn[nH]2)cc1)c1cnc[nH]1. The van der Waals surface area contributed by atoms with Crippen LogP contribution in [0, 0.1) is 0 Å². The fourth-order valence-electron chi connectivity index (χ4n) is 1.86. The van der Waals surface area contributed by atoms with Crippen LogP contribution in [0.5, 0.6) is 0 Å². The number of aromatic nitrogens is 4. The molecule has 2 aromatic heterocycles. The van der Waals surface area contributed by atoms with Crippen molar-refractivity contribution in [2.24, 2.45) is 0 Å². The van der Waals surface area contributed by atoms with Gasteiger partial charge in [-0.3, -0.25) is 5.10 Å². The van der Waals surface area contributed by atoms with Gasteiger partial charge >= 0.3 is 0 Å². The van der Waals surface area contributed by atoms with Crippen molar-refractivity contribution in [2.75, 3.05) is 0 Å². The summed E-state index contributed by atoms with van der Waals surface area (Å²) in [5.41, 5.74) is 2.77. The number of nitrogens with one attached hydrogen (secondary N) is 3. The van der Waals surface area contributed by atoms with Crippen molar-refractivity contribution in [3.05, 3.63) is 54.6 Å². The number of aromatic amines is 2. The zero-order valence-electron chi connectivity index (χ0n) is 10.9. The molecule has 7 nitrogen and oxygen atoms in total. The molecule has 8 heteroatoms. The van der Waals surface area contributed by atoms with E-state index < -0.39 is 10.0 Å². The molecule has 0 bridgehead atoms. The van der Waals surface area contributed by atoms with E-state index in [0.717, 1.165) is 16.8 Å². The number of hydrogen-bond donors (Lipinski definition) is 3. The van der Waals surface area contributed by atoms with Gasteiger partial charge in [0, 0.05) is 12.7 Å². The topological polar surface area (TPSA) is 104 Å². The molecule has 0 unspecified atom stereocenters. The van der Waals surface area contributed by atoms with Crippen LogP contribution in [-0.2, 0) is 16.6 Å². The Morgan fingerprint density at radius 3 is 2.57 bits per heavy atom. The third-order valence-corrected chi connectivity index (χ3v) is 4.32. The van der Waals surface area contributed by atoms with Crippen molar-refractivity contribution < 1.29 is 8.42 Å². The number of benzene rings is 1. The summed E-state index contributed by atoms with van der Waals surface area (Å²) in [7, 11) is -3.55. The van der Waals surface area contributed by atoms with Crippen LogP contribution in [0.3, 0.4) is 0 Å². The van der Waals surface area contributed by atoms with E-state index in [1.807, 2.05) is 30.3 Å². The van der Waals surface area contributed by atoms with E-state index in [1.54, 1.807) is 6.20 Å². The highest BCUT2D eigenvalue weighted by Gasteiger charge is 2.14. The smallest absolute Gasteiger partial charge is 0.257 e. The summed E-state index contributed by atoms with van der Waals surface area (Å²) in [5.74, 6) is 0. The Morgan fingerprint density at radius 2 is 1.95 bits per heavy atom. The van der Waals surface area contributed by atoms with Gasteiger partial charge in [-0.05, 0) is 17.2 Å². The first-order valence-corrected chi connectivity index (χ1v) is 7.70. The van der Waals surface area contributed by atoms with Crippen molar-refractivity contribution >= 4 is 10.0 Å². The van der Waals surface area contributed by atoms with Crippen molar-refractivity contribution in [3.63, 3.8) is 0 Å². The van der Waals surface area contributed by atoms with E-state index in [-0.39, 0.29) is 11.6 Å². The zero-order chi connectivity index (χ0) is 14.7. The molecule has 3 N–H and O–H groups in total. The molecule has 0 amide bonds. The third-order valence-electron chi connectivity index (χ3n) is 2.99. The number of sulfonamides is 1. The van der Waals surface area contributed by atoms with Crippen LogP contribution < -0.4 is 4.72 Å². The number of imidazole rings is 1. The summed E-state index contributed by atoms with van der Waals surface area (Å²) >= 11 is 0. The minimum atomic E-state index is -3.55. The lowest BCUT2D eigenvalue weighted by molar-refractivity contribution is 0.578. The van der Waals surface area contributed by atoms with E-state index in [0.29, 0.717) is 0 Å². The highest BCUT2D eigenvalue weighted by Crippen LogP contribution is 2.16. The van der Waals surface area contributed by atoms with Gasteiger partial charge in [0.15, 0.2) is 5.03 Å². The van der Waals surface area contributed by atoms with Gasteiger partial charge in [-0.15, -0.1) is 0 Å². The summed E-state index contributed by atoms with van der Waals surface area (Å²) in [4.78, 5) is 6.27. The van der Waals surface area contributed by atoms with Crippen LogP contribution in [-0.4, -0.2) is 28.6 Å². The molecule has 0 radical (unpaired) electrons. The highest BCUT2D eigenvalue weighted by molar-refractivity contribution is 7.89. The molecule has 0 aliphatic carbocycles. The van der Waals surface area contributed by atoms with Gasteiger partial charge in [-0.25, -0.2) is 18.1 Å². The first-order valence-electron chi connectivity index (χ1n) is 6.22. The number of H-pyrrole nitrogens is 2. The molecule has 1 aromatic carbocycles. The Morgan fingerprint density at radius 1 is 1.14 bits per heavy atom. The summed E-state index contributed by atoms with van der Waals surface area (Å²) < 4.78 is 26.4. The molecule has 0 aliphatic rings.